The topological polar surface area (TPSA) is 208 Å². The van der Waals surface area contributed by atoms with Crippen LogP contribution < -0.4 is 18.9 Å². The molecule has 21 heteroatoms. The third-order valence-electron chi connectivity index (χ3n) is 2.16. The number of aliphatic carboxylic acids is 3. The molecule has 0 aromatic heterocycles. The minimum absolute atomic E-state index is 0. The first-order valence-electron chi connectivity index (χ1n) is 5.87. The maximum Gasteiger partial charge on any atom is 1.00 e. The maximum absolute atomic E-state index is 12.9. The van der Waals surface area contributed by atoms with Gasteiger partial charge in [-0.1, -0.05) is 0 Å². The van der Waals surface area contributed by atoms with Crippen LogP contribution in [0.2, 0.25) is 0 Å². The Labute approximate surface area is 171 Å². The molecule has 30 heavy (non-hydrogen) atoms. The van der Waals surface area contributed by atoms with Crippen molar-refractivity contribution < 1.29 is 109 Å². The molecule has 13 nitrogen and oxygen atoms in total. The second kappa shape index (κ2) is 9.36. The zero-order valence-corrected chi connectivity index (χ0v) is 14.5. The summed E-state index contributed by atoms with van der Waals surface area (Å²) in [5, 5.41) is 24.1. The molecule has 0 amide bonds. The maximum atomic E-state index is 12.9. The molecule has 0 radical (unpaired) electrons. The Balaban J connectivity index is -0.00000392. The number of rotatable bonds is 9. The molecule has 0 saturated heterocycles. The molecule has 0 aliphatic carbocycles. The van der Waals surface area contributed by atoms with Crippen molar-refractivity contribution in [1.82, 2.24) is 0 Å². The fourth-order valence-corrected chi connectivity index (χ4v) is 1.86. The Bertz CT molecular complexity index is 728. The Kier molecular flexibility index (Phi) is 9.18. The summed E-state index contributed by atoms with van der Waals surface area (Å²) < 4.78 is 97.9. The van der Waals surface area contributed by atoms with Gasteiger partial charge in [0.05, 0.1) is 0 Å². The minimum Gasteiger partial charge on any atom is -1.00 e. The fraction of sp³-hybridized carbons (Fsp3) is 0.333. The molecule has 0 unspecified atom stereocenters. The van der Waals surface area contributed by atoms with Gasteiger partial charge in [-0.15, -0.1) is 0 Å². The van der Waals surface area contributed by atoms with Gasteiger partial charge in [0.1, 0.15) is 0 Å². The number of hydrogen-bond acceptors (Lipinski definition) is 10. The molecule has 0 rings (SSSR count). The Morgan fingerprint density at radius 2 is 0.767 bits per heavy atom. The number of carboxylic acid groups (broad SMARTS) is 3. The number of hydrogen-bond donors (Lipinski definition) is 3. The summed E-state index contributed by atoms with van der Waals surface area (Å²) in [6, 6.07) is 0. The van der Waals surface area contributed by atoms with E-state index in [1.54, 1.807) is 0 Å². The van der Waals surface area contributed by atoms with E-state index in [0.717, 1.165) is 0 Å². The van der Waals surface area contributed by atoms with E-state index in [4.69, 9.17) is 15.3 Å². The summed E-state index contributed by atoms with van der Waals surface area (Å²) in [5.74, 6) is -38.1. The summed E-state index contributed by atoms with van der Waals surface area (Å²) in [4.78, 5) is 63.2. The van der Waals surface area contributed by atoms with Gasteiger partial charge in [0.25, 0.3) is 0 Å². The molecule has 0 fully saturated rings. The summed E-state index contributed by atoms with van der Waals surface area (Å²) >= 11 is 0. The normalized spacial score (nSPS) is 12.1. The zero-order chi connectivity index (χ0) is 23.6. The molecule has 0 atom stereocenters. The van der Waals surface area contributed by atoms with Crippen molar-refractivity contribution in [1.29, 1.82) is 0 Å². The van der Waals surface area contributed by atoms with Crippen LogP contribution in [-0.4, -0.2) is 68.9 Å². The van der Waals surface area contributed by atoms with Crippen LogP contribution in [0.25, 0.3) is 0 Å². The molecular weight excluding hydrogens is 468 g/mol. The Morgan fingerprint density at radius 1 is 0.600 bits per heavy atom. The van der Waals surface area contributed by atoms with E-state index in [0.29, 0.717) is 0 Å². The van der Waals surface area contributed by atoms with Crippen molar-refractivity contribution in [3.63, 3.8) is 0 Å². The van der Waals surface area contributed by atoms with Crippen molar-refractivity contribution in [2.45, 2.75) is 17.8 Å². The van der Waals surface area contributed by atoms with Gasteiger partial charge in [0.2, 0.25) is 0 Å². The van der Waals surface area contributed by atoms with Crippen LogP contribution in [0.4, 0.5) is 26.3 Å². The first kappa shape index (κ1) is 29.4. The average molecular weight is 472 g/mol. The molecule has 166 valence electrons. The van der Waals surface area contributed by atoms with Gasteiger partial charge in [-0.05, 0) is 0 Å². The van der Waals surface area contributed by atoms with E-state index < -0.39 is 61.4 Å². The van der Waals surface area contributed by atoms with E-state index in [2.05, 4.69) is 13.6 Å². The summed E-state index contributed by atoms with van der Waals surface area (Å²) in [7, 11) is -7.07. The smallest absolute Gasteiger partial charge is 1.00 e. The third-order valence-corrected chi connectivity index (χ3v) is 3.33. The number of carbonyl (C=O) groups excluding carboxylic acids is 3. The van der Waals surface area contributed by atoms with Crippen molar-refractivity contribution >= 4 is 43.6 Å². The Hall–Kier alpha value is -2.77. The molecule has 0 spiro atoms. The number of phosphoric acid groups is 1. The summed E-state index contributed by atoms with van der Waals surface area (Å²) in [6.07, 6.45) is 0. The van der Waals surface area contributed by atoms with Gasteiger partial charge in [-0.3, -0.25) is 0 Å². The predicted octanol–water partition coefficient (Wildman–Crippen LogP) is -3.00. The molecule has 0 heterocycles. The quantitative estimate of drug-likeness (QED) is 0.133. The van der Waals surface area contributed by atoms with Crippen LogP contribution in [0.3, 0.4) is 0 Å². The van der Waals surface area contributed by atoms with Gasteiger partial charge < -0.3 is 30.3 Å². The van der Waals surface area contributed by atoms with Crippen LogP contribution in [0, 0.1) is 0 Å². The largest absolute Gasteiger partial charge is 1.00 e. The van der Waals surface area contributed by atoms with E-state index in [-0.39, 0.29) is 20.3 Å². The van der Waals surface area contributed by atoms with Gasteiger partial charge in [0.15, 0.2) is 0 Å². The second-order valence-corrected chi connectivity index (χ2v) is 5.66. The minimum atomic E-state index is -7.07. The standard InChI is InChI=1S/C9H3F6O13P.Li.H/c10-7(11,1(16)17)4(22)26-29(25,27-5(23)8(12,13)2(18)19)28-6(24)9(14,15)3(20)21;;/h(H,16,17)(H,18,19)(H,20,21);;/q;+1;-1. The molecule has 0 aromatic carbocycles. The van der Waals surface area contributed by atoms with E-state index in [1.165, 1.54) is 0 Å². The molecule has 0 saturated carbocycles. The van der Waals surface area contributed by atoms with Crippen LogP contribution in [0.5, 0.6) is 0 Å². The zero-order valence-electron chi connectivity index (χ0n) is 14.6. The Morgan fingerprint density at radius 3 is 0.900 bits per heavy atom. The van der Waals surface area contributed by atoms with Crippen LogP contribution in [0.1, 0.15) is 1.43 Å². The van der Waals surface area contributed by atoms with Crippen LogP contribution in [-0.2, 0) is 46.9 Å². The number of carbonyl (C=O) groups is 6. The number of phosphoric ester groups is 1. The molecule has 3 N–H and O–H groups in total. The van der Waals surface area contributed by atoms with E-state index >= 15 is 0 Å². The number of alkyl halides is 6. The molecule has 0 bridgehead atoms. The SMILES string of the molecule is O=C(O)C(F)(F)C(=O)OP(=O)(OC(=O)C(F)(F)C(=O)O)OC(=O)C(F)(F)C(=O)O.[H-].[Li+]. The first-order valence-corrected chi connectivity index (χ1v) is 7.33. The second-order valence-electron chi connectivity index (χ2n) is 4.22. The van der Waals surface area contributed by atoms with Gasteiger partial charge in [-0.25, -0.2) is 28.8 Å². The first-order chi connectivity index (χ1) is 12.7. The molecule has 0 aromatic rings. The van der Waals surface area contributed by atoms with Crippen molar-refractivity contribution in [3.8, 4) is 0 Å². The molecule has 0 aliphatic heterocycles. The van der Waals surface area contributed by atoms with Crippen molar-refractivity contribution in [2.75, 3.05) is 0 Å². The summed E-state index contributed by atoms with van der Waals surface area (Å²) in [5.41, 5.74) is 0. The number of carboxylic acids is 3. The van der Waals surface area contributed by atoms with Crippen LogP contribution in [0.15, 0.2) is 0 Å². The fourth-order valence-electron chi connectivity index (χ4n) is 0.794. The van der Waals surface area contributed by atoms with Gasteiger partial charge in [-0.2, -0.15) is 30.9 Å². The molecule has 0 aliphatic rings. The number of halogens is 6. The van der Waals surface area contributed by atoms with Gasteiger partial charge in [0, 0.05) is 0 Å². The predicted molar refractivity (Wildman–Crippen MR) is 64.7 cm³/mol. The summed E-state index contributed by atoms with van der Waals surface area (Å²) in [6.45, 7) is 0. The monoisotopic (exact) mass is 472 g/mol. The van der Waals surface area contributed by atoms with Crippen molar-refractivity contribution in [3.05, 3.63) is 0 Å². The van der Waals surface area contributed by atoms with E-state index in [1.807, 2.05) is 0 Å². The van der Waals surface area contributed by atoms with Crippen LogP contribution >= 0.6 is 7.82 Å². The van der Waals surface area contributed by atoms with Gasteiger partial charge >= 0.3 is 80.3 Å². The third kappa shape index (κ3) is 6.37. The average Bonchev–Trinajstić information content (AvgIpc) is 2.53. The van der Waals surface area contributed by atoms with E-state index in [9.17, 15) is 59.7 Å². The molecular formula is C9H4F6LiO13P. The van der Waals surface area contributed by atoms with Crippen molar-refractivity contribution in [2.24, 2.45) is 0 Å².